The fourth-order valence-corrected chi connectivity index (χ4v) is 4.78. The third kappa shape index (κ3) is 4.69. The fraction of sp³-hybridized carbons (Fsp3) is 0.391. The number of nitrogens with one attached hydrogen (secondary N) is 2. The molecule has 0 radical (unpaired) electrons. The molecule has 0 heterocycles. The highest BCUT2D eigenvalue weighted by atomic mass is 35.5. The molecule has 0 bridgehead atoms. The Kier molecular flexibility index (Phi) is 7.50. The highest BCUT2D eigenvalue weighted by molar-refractivity contribution is 6.31. The van der Waals surface area contributed by atoms with Gasteiger partial charge in [-0.05, 0) is 42.2 Å². The maximum absolute atomic E-state index is 14.6. The van der Waals surface area contributed by atoms with Crippen LogP contribution in [-0.2, 0) is 15.1 Å². The summed E-state index contributed by atoms with van der Waals surface area (Å²) in [7, 11) is 0. The normalized spacial score (nSPS) is 17.7. The molecule has 1 fully saturated rings. The molecule has 2 aromatic rings. The van der Waals surface area contributed by atoms with E-state index in [1.165, 1.54) is 6.07 Å². The van der Waals surface area contributed by atoms with Crippen molar-refractivity contribution < 1.29 is 14.0 Å². The van der Waals surface area contributed by atoms with Crippen molar-refractivity contribution in [3.63, 3.8) is 0 Å². The zero-order chi connectivity index (χ0) is 21.7. The fourth-order valence-electron chi connectivity index (χ4n) is 4.42. The van der Waals surface area contributed by atoms with Gasteiger partial charge in [0.25, 0.3) is 0 Å². The van der Waals surface area contributed by atoms with Gasteiger partial charge < -0.3 is 10.1 Å². The summed E-state index contributed by atoms with van der Waals surface area (Å²) >= 11 is 12.1. The number of carbonyl (C=O) groups is 2. The van der Waals surface area contributed by atoms with Gasteiger partial charge in [-0.15, -0.1) is 0 Å². The summed E-state index contributed by atoms with van der Waals surface area (Å²) in [6.45, 7) is 1.81. The summed E-state index contributed by atoms with van der Waals surface area (Å²) in [4.78, 5) is 23.3. The van der Waals surface area contributed by atoms with Gasteiger partial charge in [-0.1, -0.05) is 67.6 Å². The molecule has 1 aliphatic carbocycles. The van der Waals surface area contributed by atoms with E-state index in [9.17, 15) is 14.0 Å². The van der Waals surface area contributed by atoms with Crippen molar-refractivity contribution in [2.24, 2.45) is 0 Å². The molecule has 1 unspecified atom stereocenters. The van der Waals surface area contributed by atoms with Gasteiger partial charge >= 0.3 is 0 Å². The van der Waals surface area contributed by atoms with E-state index < -0.39 is 23.3 Å². The number of benzene rings is 2. The lowest BCUT2D eigenvalue weighted by atomic mass is 9.74. The molecule has 0 aromatic heterocycles. The van der Waals surface area contributed by atoms with Gasteiger partial charge in [0.1, 0.15) is 12.1 Å². The number of rotatable bonds is 8. The largest absolute Gasteiger partial charge is 0.328 e. The second-order valence-corrected chi connectivity index (χ2v) is 8.68. The molecule has 0 saturated heterocycles. The minimum Gasteiger partial charge on any atom is -0.328 e. The predicted octanol–water partition coefficient (Wildman–Crippen LogP) is 5.82. The molecule has 4 nitrogen and oxygen atoms in total. The number of aldehydes is 1. The third-order valence-corrected chi connectivity index (χ3v) is 6.55. The van der Waals surface area contributed by atoms with Crippen LogP contribution in [0.1, 0.15) is 56.1 Å². The first kappa shape index (κ1) is 22.7. The molecule has 0 aliphatic heterocycles. The van der Waals surface area contributed by atoms with Crippen LogP contribution in [0.3, 0.4) is 0 Å². The van der Waals surface area contributed by atoms with Crippen molar-refractivity contribution in [2.75, 3.05) is 5.32 Å². The molecule has 160 valence electrons. The maximum atomic E-state index is 14.6. The van der Waals surface area contributed by atoms with Crippen LogP contribution >= 0.6 is 23.2 Å². The molecule has 1 aliphatic rings. The van der Waals surface area contributed by atoms with Crippen molar-refractivity contribution >= 4 is 41.6 Å². The van der Waals surface area contributed by atoms with E-state index >= 15 is 0 Å². The minimum absolute atomic E-state index is 0.0338. The van der Waals surface area contributed by atoms with Crippen LogP contribution in [0.15, 0.2) is 36.4 Å². The first-order valence-electron chi connectivity index (χ1n) is 10.1. The quantitative estimate of drug-likeness (QED) is 0.498. The number of carbonyl (C=O) groups excluding carboxylic acids is 2. The summed E-state index contributed by atoms with van der Waals surface area (Å²) in [6, 6.07) is 9.56. The third-order valence-electron chi connectivity index (χ3n) is 6.02. The van der Waals surface area contributed by atoms with Crippen molar-refractivity contribution in [2.45, 2.75) is 56.5 Å². The SMILES string of the molecule is C[C@@H](c1cccc(Cl)c1F)C(C=O)NC1(c2ccc(Cl)cc2NC=O)CCCCC1. The van der Waals surface area contributed by atoms with E-state index in [4.69, 9.17) is 23.2 Å². The van der Waals surface area contributed by atoms with Crippen LogP contribution in [0.4, 0.5) is 10.1 Å². The number of hydrogen-bond donors (Lipinski definition) is 2. The lowest BCUT2D eigenvalue weighted by Crippen LogP contribution is -2.52. The number of halogens is 3. The summed E-state index contributed by atoms with van der Waals surface area (Å²) < 4.78 is 14.6. The van der Waals surface area contributed by atoms with E-state index in [1.807, 2.05) is 13.0 Å². The Morgan fingerprint density at radius 1 is 1.10 bits per heavy atom. The Morgan fingerprint density at radius 3 is 2.50 bits per heavy atom. The van der Waals surface area contributed by atoms with Crippen molar-refractivity contribution in [1.82, 2.24) is 5.32 Å². The minimum atomic E-state index is -0.643. The number of amides is 1. The average molecular weight is 451 g/mol. The van der Waals surface area contributed by atoms with Crippen molar-refractivity contribution in [3.8, 4) is 0 Å². The Hall–Kier alpha value is -1.95. The topological polar surface area (TPSA) is 58.2 Å². The summed E-state index contributed by atoms with van der Waals surface area (Å²) in [5.41, 5.74) is 1.34. The zero-order valence-electron chi connectivity index (χ0n) is 16.8. The molecule has 2 aromatic carbocycles. The smallest absolute Gasteiger partial charge is 0.211 e. The molecule has 1 amide bonds. The van der Waals surface area contributed by atoms with Crippen LogP contribution in [0, 0.1) is 5.82 Å². The van der Waals surface area contributed by atoms with Crippen LogP contribution in [0.25, 0.3) is 0 Å². The van der Waals surface area contributed by atoms with Crippen LogP contribution in [-0.4, -0.2) is 18.7 Å². The lowest BCUT2D eigenvalue weighted by molar-refractivity contribution is -0.110. The molecule has 30 heavy (non-hydrogen) atoms. The number of anilines is 1. The van der Waals surface area contributed by atoms with Gasteiger partial charge in [-0.3, -0.25) is 10.1 Å². The van der Waals surface area contributed by atoms with E-state index in [0.717, 1.165) is 44.0 Å². The van der Waals surface area contributed by atoms with Gasteiger partial charge in [-0.25, -0.2) is 4.39 Å². The Morgan fingerprint density at radius 2 is 1.83 bits per heavy atom. The van der Waals surface area contributed by atoms with E-state index in [1.54, 1.807) is 24.3 Å². The van der Waals surface area contributed by atoms with Crippen LogP contribution in [0.5, 0.6) is 0 Å². The van der Waals surface area contributed by atoms with E-state index in [-0.39, 0.29) is 5.02 Å². The standard InChI is InChI=1S/C23H25Cl2FN2O2/c1-15(17-6-5-7-19(25)22(17)26)21(13-29)28-23(10-3-2-4-11-23)18-9-8-16(24)12-20(18)27-14-30/h5-9,12-15,21,28H,2-4,10-11H2,1H3,(H,27,30)/t15-,21?/m0/s1. The molecule has 2 atom stereocenters. The van der Waals surface area contributed by atoms with Gasteiger partial charge in [0.15, 0.2) is 0 Å². The monoisotopic (exact) mass is 450 g/mol. The molecule has 7 heteroatoms. The summed E-state index contributed by atoms with van der Waals surface area (Å²) in [5, 5.41) is 6.80. The Bertz CT molecular complexity index is 916. The van der Waals surface area contributed by atoms with Crippen molar-refractivity contribution in [3.05, 3.63) is 63.4 Å². The molecule has 2 N–H and O–H groups in total. The van der Waals surface area contributed by atoms with Gasteiger partial charge in [0.05, 0.1) is 11.1 Å². The van der Waals surface area contributed by atoms with E-state index in [0.29, 0.717) is 22.7 Å². The molecular weight excluding hydrogens is 426 g/mol. The van der Waals surface area contributed by atoms with E-state index in [2.05, 4.69) is 10.6 Å². The number of hydrogen-bond acceptors (Lipinski definition) is 3. The Labute approximate surface area is 186 Å². The highest BCUT2D eigenvalue weighted by Gasteiger charge is 2.39. The average Bonchev–Trinajstić information content (AvgIpc) is 2.74. The maximum Gasteiger partial charge on any atom is 0.211 e. The summed E-state index contributed by atoms with van der Waals surface area (Å²) in [6.07, 6.45) is 6.06. The second kappa shape index (κ2) is 9.90. The summed E-state index contributed by atoms with van der Waals surface area (Å²) in [5.74, 6) is -0.942. The van der Waals surface area contributed by atoms with Gasteiger partial charge in [0.2, 0.25) is 6.41 Å². The van der Waals surface area contributed by atoms with Crippen LogP contribution < -0.4 is 10.6 Å². The first-order valence-corrected chi connectivity index (χ1v) is 10.8. The molecular formula is C23H25Cl2FN2O2. The van der Waals surface area contributed by atoms with Crippen molar-refractivity contribution in [1.29, 1.82) is 0 Å². The second-order valence-electron chi connectivity index (χ2n) is 7.83. The molecule has 0 spiro atoms. The van der Waals surface area contributed by atoms with Gasteiger partial charge in [0, 0.05) is 22.2 Å². The highest BCUT2D eigenvalue weighted by Crippen LogP contribution is 2.42. The Balaban J connectivity index is 2.01. The van der Waals surface area contributed by atoms with Gasteiger partial charge in [-0.2, -0.15) is 0 Å². The molecule has 3 rings (SSSR count). The lowest BCUT2D eigenvalue weighted by Gasteiger charge is -2.42. The predicted molar refractivity (Wildman–Crippen MR) is 119 cm³/mol. The molecule has 1 saturated carbocycles. The zero-order valence-corrected chi connectivity index (χ0v) is 18.3. The first-order chi connectivity index (χ1) is 14.4. The van der Waals surface area contributed by atoms with Crippen LogP contribution in [0.2, 0.25) is 10.0 Å².